The van der Waals surface area contributed by atoms with Crippen LogP contribution >= 0.6 is 19.4 Å². The first-order chi connectivity index (χ1) is 13.4. The van der Waals surface area contributed by atoms with E-state index < -0.39 is 7.60 Å². The SMILES string of the molecule is CCOP(=O)(Cc1ccc(NC(=O)c2ccc(SC)cc2OC)cc1)OCC. The van der Waals surface area contributed by atoms with Crippen LogP contribution in [0.25, 0.3) is 0 Å². The van der Waals surface area contributed by atoms with Crippen LogP contribution in [0.4, 0.5) is 5.69 Å². The van der Waals surface area contributed by atoms with Gasteiger partial charge in [-0.2, -0.15) is 0 Å². The Kier molecular flexibility index (Phi) is 8.58. The zero-order chi connectivity index (χ0) is 20.6. The molecule has 0 aliphatic heterocycles. The van der Waals surface area contributed by atoms with Crippen LogP contribution in [0.1, 0.15) is 29.8 Å². The summed E-state index contributed by atoms with van der Waals surface area (Å²) in [6.45, 7) is 4.21. The number of hydrogen-bond acceptors (Lipinski definition) is 6. The molecule has 2 aromatic rings. The highest BCUT2D eigenvalue weighted by Gasteiger charge is 2.24. The Morgan fingerprint density at radius 1 is 1.07 bits per heavy atom. The number of carbonyl (C=O) groups is 1. The van der Waals surface area contributed by atoms with E-state index in [2.05, 4.69) is 5.32 Å². The first kappa shape index (κ1) is 22.5. The van der Waals surface area contributed by atoms with Crippen molar-refractivity contribution < 1.29 is 23.1 Å². The standard InChI is InChI=1S/C20H26NO5PS/c1-5-25-27(23,26-6-2)14-15-7-9-16(10-8-15)21-20(22)18-12-11-17(28-4)13-19(18)24-3/h7-13H,5-6,14H2,1-4H3,(H,21,22). The smallest absolute Gasteiger partial charge is 0.335 e. The highest BCUT2D eigenvalue weighted by molar-refractivity contribution is 7.98. The topological polar surface area (TPSA) is 73.9 Å². The average molecular weight is 423 g/mol. The van der Waals surface area contributed by atoms with Crippen molar-refractivity contribution in [1.29, 1.82) is 0 Å². The molecule has 6 nitrogen and oxygen atoms in total. The maximum atomic E-state index is 12.6. The number of anilines is 1. The summed E-state index contributed by atoms with van der Waals surface area (Å²) in [5.74, 6) is 0.266. The highest BCUT2D eigenvalue weighted by atomic mass is 32.2. The van der Waals surface area contributed by atoms with Crippen LogP contribution in [0.15, 0.2) is 47.4 Å². The van der Waals surface area contributed by atoms with Gasteiger partial charge in [0, 0.05) is 10.6 Å². The van der Waals surface area contributed by atoms with Crippen molar-refractivity contribution in [3.05, 3.63) is 53.6 Å². The fourth-order valence-corrected chi connectivity index (χ4v) is 4.75. The highest BCUT2D eigenvalue weighted by Crippen LogP contribution is 2.51. The minimum Gasteiger partial charge on any atom is -0.496 e. The van der Waals surface area contributed by atoms with Gasteiger partial charge in [-0.3, -0.25) is 9.36 Å². The summed E-state index contributed by atoms with van der Waals surface area (Å²) in [6, 6.07) is 12.6. The van der Waals surface area contributed by atoms with Crippen molar-refractivity contribution in [2.24, 2.45) is 0 Å². The molecule has 0 heterocycles. The van der Waals surface area contributed by atoms with E-state index in [0.717, 1.165) is 10.5 Å². The summed E-state index contributed by atoms with van der Waals surface area (Å²) in [6.07, 6.45) is 2.15. The van der Waals surface area contributed by atoms with Crippen LogP contribution in [-0.2, 0) is 19.8 Å². The number of rotatable bonds is 10. The second-order valence-electron chi connectivity index (χ2n) is 5.82. The van der Waals surface area contributed by atoms with Gasteiger partial charge in [-0.25, -0.2) is 0 Å². The van der Waals surface area contributed by atoms with E-state index in [4.69, 9.17) is 13.8 Å². The number of methoxy groups -OCH3 is 1. The number of hydrogen-bond donors (Lipinski definition) is 1. The van der Waals surface area contributed by atoms with Gasteiger partial charge in [0.15, 0.2) is 0 Å². The van der Waals surface area contributed by atoms with Gasteiger partial charge < -0.3 is 19.1 Å². The Bertz CT molecular complexity index is 831. The molecule has 0 saturated carbocycles. The Morgan fingerprint density at radius 2 is 1.71 bits per heavy atom. The summed E-state index contributed by atoms with van der Waals surface area (Å²) < 4.78 is 28.6. The van der Waals surface area contributed by atoms with Crippen molar-refractivity contribution in [3.63, 3.8) is 0 Å². The largest absolute Gasteiger partial charge is 0.496 e. The van der Waals surface area contributed by atoms with Gasteiger partial charge in [0.25, 0.3) is 5.91 Å². The summed E-state index contributed by atoms with van der Waals surface area (Å²) in [5, 5.41) is 2.85. The first-order valence-electron chi connectivity index (χ1n) is 8.95. The lowest BCUT2D eigenvalue weighted by molar-refractivity contribution is 0.102. The van der Waals surface area contributed by atoms with Gasteiger partial charge in [0.1, 0.15) is 5.75 Å². The third kappa shape index (κ3) is 6.11. The Labute approximate surface area is 170 Å². The fourth-order valence-electron chi connectivity index (χ4n) is 2.62. The van der Waals surface area contributed by atoms with Crippen LogP contribution in [0.5, 0.6) is 5.75 Å². The zero-order valence-corrected chi connectivity index (χ0v) is 18.3. The lowest BCUT2D eigenvalue weighted by Crippen LogP contribution is -2.13. The molecule has 0 aliphatic carbocycles. The van der Waals surface area contributed by atoms with Crippen molar-refractivity contribution in [2.45, 2.75) is 24.9 Å². The third-order valence-corrected chi connectivity index (χ3v) is 6.67. The number of thioether (sulfide) groups is 1. The molecule has 0 bridgehead atoms. The quantitative estimate of drug-likeness (QED) is 0.405. The number of benzene rings is 2. The van der Waals surface area contributed by atoms with Gasteiger partial charge in [0.05, 0.1) is 32.0 Å². The van der Waals surface area contributed by atoms with E-state index in [9.17, 15) is 9.36 Å². The van der Waals surface area contributed by atoms with Gasteiger partial charge >= 0.3 is 7.60 Å². The molecule has 0 atom stereocenters. The number of ether oxygens (including phenoxy) is 1. The molecular weight excluding hydrogens is 397 g/mol. The maximum absolute atomic E-state index is 12.6. The fraction of sp³-hybridized carbons (Fsp3) is 0.350. The lowest BCUT2D eigenvalue weighted by Gasteiger charge is -2.17. The molecule has 1 amide bonds. The number of amides is 1. The predicted octanol–water partition coefficient (Wildman–Crippen LogP) is 5.44. The monoisotopic (exact) mass is 423 g/mol. The first-order valence-corrected chi connectivity index (χ1v) is 11.9. The molecule has 0 spiro atoms. The van der Waals surface area contributed by atoms with E-state index in [-0.39, 0.29) is 12.1 Å². The van der Waals surface area contributed by atoms with Crippen LogP contribution in [0.3, 0.4) is 0 Å². The van der Waals surface area contributed by atoms with Gasteiger partial charge in [-0.05, 0) is 56.0 Å². The molecular formula is C20H26NO5PS. The second-order valence-corrected chi connectivity index (χ2v) is 8.76. The number of carbonyl (C=O) groups excluding carboxylic acids is 1. The minimum atomic E-state index is -3.16. The normalized spacial score (nSPS) is 11.3. The van der Waals surface area contributed by atoms with Crippen molar-refractivity contribution in [3.8, 4) is 5.75 Å². The van der Waals surface area contributed by atoms with Crippen LogP contribution in [-0.4, -0.2) is 32.5 Å². The molecule has 0 saturated heterocycles. The Hall–Kier alpha value is -1.79. The summed E-state index contributed by atoms with van der Waals surface area (Å²) >= 11 is 1.58. The zero-order valence-electron chi connectivity index (χ0n) is 16.6. The second kappa shape index (κ2) is 10.7. The molecule has 0 radical (unpaired) electrons. The molecule has 0 unspecified atom stereocenters. The van der Waals surface area contributed by atoms with Crippen LogP contribution in [0, 0.1) is 0 Å². The molecule has 8 heteroatoms. The van der Waals surface area contributed by atoms with Crippen molar-refractivity contribution >= 4 is 31.0 Å². The maximum Gasteiger partial charge on any atom is 0.335 e. The van der Waals surface area contributed by atoms with Gasteiger partial charge in [-0.15, -0.1) is 11.8 Å². The van der Waals surface area contributed by atoms with E-state index in [1.807, 2.05) is 18.4 Å². The van der Waals surface area contributed by atoms with Crippen LogP contribution < -0.4 is 10.1 Å². The van der Waals surface area contributed by atoms with Crippen LogP contribution in [0.2, 0.25) is 0 Å². The minimum absolute atomic E-state index is 0.187. The third-order valence-electron chi connectivity index (χ3n) is 3.89. The molecule has 2 aromatic carbocycles. The molecule has 152 valence electrons. The molecule has 1 N–H and O–H groups in total. The summed E-state index contributed by atoms with van der Waals surface area (Å²) in [7, 11) is -1.61. The number of nitrogens with one attached hydrogen (secondary N) is 1. The van der Waals surface area contributed by atoms with Crippen molar-refractivity contribution in [2.75, 3.05) is 31.9 Å². The van der Waals surface area contributed by atoms with Gasteiger partial charge in [-0.1, -0.05) is 12.1 Å². The molecule has 2 rings (SSSR count). The summed E-state index contributed by atoms with van der Waals surface area (Å²) in [4.78, 5) is 13.6. The molecule has 0 aliphatic rings. The van der Waals surface area contributed by atoms with Crippen molar-refractivity contribution in [1.82, 2.24) is 0 Å². The van der Waals surface area contributed by atoms with E-state index in [1.165, 1.54) is 0 Å². The van der Waals surface area contributed by atoms with E-state index in [0.29, 0.717) is 30.2 Å². The summed E-state index contributed by atoms with van der Waals surface area (Å²) in [5.41, 5.74) is 1.90. The van der Waals surface area contributed by atoms with Gasteiger partial charge in [0.2, 0.25) is 0 Å². The average Bonchev–Trinajstić information content (AvgIpc) is 2.69. The van der Waals surface area contributed by atoms with E-state index >= 15 is 0 Å². The predicted molar refractivity (Wildman–Crippen MR) is 114 cm³/mol. The molecule has 0 aromatic heterocycles. The Morgan fingerprint density at radius 3 is 2.25 bits per heavy atom. The lowest BCUT2D eigenvalue weighted by atomic mass is 10.1. The van der Waals surface area contributed by atoms with E-state index in [1.54, 1.807) is 63.1 Å². The molecule has 28 heavy (non-hydrogen) atoms. The molecule has 0 fully saturated rings. The Balaban J connectivity index is 2.10.